The van der Waals surface area contributed by atoms with Crippen LogP contribution in [-0.2, 0) is 52.1 Å². The Bertz CT molecular complexity index is 3660. The van der Waals surface area contributed by atoms with Crippen molar-refractivity contribution >= 4 is 47.8 Å². The first-order chi connectivity index (χ1) is 42.9. The number of hydrogen-bond donors (Lipinski definition) is 0. The van der Waals surface area contributed by atoms with Gasteiger partial charge in [0.05, 0.1) is 51.1 Å². The highest BCUT2D eigenvalue weighted by Crippen LogP contribution is 2.43. The molecule has 8 aromatic carbocycles. The number of esters is 8. The Hall–Kier alpha value is -10.6. The van der Waals surface area contributed by atoms with Crippen LogP contribution in [0.5, 0.6) is 0 Å². The van der Waals surface area contributed by atoms with Gasteiger partial charge in [-0.3, -0.25) is 0 Å². The maximum Gasteiger partial charge on any atom is 0.338 e. The summed E-state index contributed by atoms with van der Waals surface area (Å²) in [5.41, 5.74) is 0.314. The molecule has 8 aromatic rings. The van der Waals surface area contributed by atoms with Gasteiger partial charge in [0, 0.05) is 6.42 Å². The van der Waals surface area contributed by atoms with Crippen molar-refractivity contribution in [1.82, 2.24) is 0 Å². The van der Waals surface area contributed by atoms with Crippen LogP contribution in [0.2, 0.25) is 0 Å². The molecule has 19 nitrogen and oxygen atoms in total. The first-order valence-electron chi connectivity index (χ1n) is 27.9. The predicted molar refractivity (Wildman–Crippen MR) is 310 cm³/mol. The second-order valence-electron chi connectivity index (χ2n) is 20.0. The van der Waals surface area contributed by atoms with E-state index in [1.807, 2.05) is 0 Å². The average Bonchev–Trinajstić information content (AvgIpc) is 1.83. The highest BCUT2D eigenvalue weighted by molar-refractivity contribution is 5.93. The summed E-state index contributed by atoms with van der Waals surface area (Å²) in [4.78, 5) is 115. The monoisotopic (exact) mass is 1190 g/mol. The van der Waals surface area contributed by atoms with Crippen molar-refractivity contribution in [3.05, 3.63) is 287 Å². The van der Waals surface area contributed by atoms with Crippen LogP contribution < -0.4 is 0 Å². The molecular formula is C69H56O19. The summed E-state index contributed by atoms with van der Waals surface area (Å²) in [5, 5.41) is 0. The molecule has 446 valence electrons. The molecule has 0 amide bonds. The quantitative estimate of drug-likeness (QED) is 0.0453. The van der Waals surface area contributed by atoms with Gasteiger partial charge >= 0.3 is 47.8 Å². The van der Waals surface area contributed by atoms with E-state index < -0.39 is 122 Å². The minimum absolute atomic E-state index is 0.00616. The molecule has 0 radical (unpaired) electrons. The van der Waals surface area contributed by atoms with E-state index in [-0.39, 0.29) is 50.9 Å². The third-order valence-corrected chi connectivity index (χ3v) is 14.1. The van der Waals surface area contributed by atoms with E-state index in [4.69, 9.17) is 52.1 Å². The Morgan fingerprint density at radius 1 is 0.318 bits per heavy atom. The Labute approximate surface area is 504 Å². The molecule has 2 fully saturated rings. The van der Waals surface area contributed by atoms with Gasteiger partial charge in [-0.1, -0.05) is 146 Å². The Balaban J connectivity index is 1.15. The van der Waals surface area contributed by atoms with Gasteiger partial charge in [0.15, 0.2) is 30.5 Å². The second kappa shape index (κ2) is 29.0. The van der Waals surface area contributed by atoms with Crippen molar-refractivity contribution < 1.29 is 90.5 Å². The van der Waals surface area contributed by atoms with E-state index in [1.54, 1.807) is 146 Å². The third kappa shape index (κ3) is 15.1. The number of carbonyl (C=O) groups is 8. The van der Waals surface area contributed by atoms with Crippen LogP contribution in [0.15, 0.2) is 243 Å². The van der Waals surface area contributed by atoms with Gasteiger partial charge in [-0.25, -0.2) is 38.4 Å². The largest absolute Gasteiger partial charge is 0.462 e. The summed E-state index contributed by atoms with van der Waals surface area (Å²) in [6, 6.07) is 62.1. The first kappa shape index (κ1) is 60.5. The molecule has 9 atom stereocenters. The minimum atomic E-state index is -2.83. The minimum Gasteiger partial charge on any atom is -0.462 e. The lowest BCUT2D eigenvalue weighted by Gasteiger charge is -2.47. The van der Waals surface area contributed by atoms with E-state index in [2.05, 4.69) is 0 Å². The fourth-order valence-corrected chi connectivity index (χ4v) is 9.69. The summed E-state index contributed by atoms with van der Waals surface area (Å²) in [6.45, 7) is -2.31. The van der Waals surface area contributed by atoms with Crippen molar-refractivity contribution in [1.29, 1.82) is 0 Å². The number of rotatable bonds is 22. The zero-order chi connectivity index (χ0) is 61.2. The lowest BCUT2D eigenvalue weighted by atomic mass is 9.95. The van der Waals surface area contributed by atoms with E-state index in [0.29, 0.717) is 0 Å². The van der Waals surface area contributed by atoms with Gasteiger partial charge in [0.25, 0.3) is 0 Å². The molecule has 2 aliphatic heterocycles. The lowest BCUT2D eigenvalue weighted by molar-refractivity contribution is -0.379. The van der Waals surface area contributed by atoms with E-state index in [1.165, 1.54) is 97.1 Å². The summed E-state index contributed by atoms with van der Waals surface area (Å²) in [7, 11) is 0. The van der Waals surface area contributed by atoms with E-state index in [0.717, 1.165) is 0 Å². The molecule has 0 bridgehead atoms. The summed E-state index contributed by atoms with van der Waals surface area (Å²) < 4.78 is 70.3. The van der Waals surface area contributed by atoms with Gasteiger partial charge in [0.2, 0.25) is 12.1 Å². The van der Waals surface area contributed by atoms with Gasteiger partial charge in [-0.2, -0.15) is 0 Å². The SMILES string of the molecule is O=C(OCC[C@@H]1O[C@@H](O[C@@]2(COC(=O)c3ccccc3)O[C@@H](COC(=O)c3ccccc3)[C@H](OC(=O)c3ccccc3)[C@H]2OC(=O)c2ccccc2)[C@@H](OC(=O)c2ccccc2)[C@H](OC(=O)c2ccccc2)[C@H]1OC(=O)c1ccccc1)c1ccccc1. The number of ether oxygens (including phenoxy) is 11. The van der Waals surface area contributed by atoms with Crippen LogP contribution in [0, 0.1) is 0 Å². The highest BCUT2D eigenvalue weighted by atomic mass is 16.8. The Morgan fingerprint density at radius 3 is 1.01 bits per heavy atom. The topological polar surface area (TPSA) is 238 Å². The summed E-state index contributed by atoms with van der Waals surface area (Å²) >= 11 is 0. The predicted octanol–water partition coefficient (Wildman–Crippen LogP) is 9.91. The Morgan fingerprint density at radius 2 is 0.625 bits per heavy atom. The maximum absolute atomic E-state index is 14.7. The molecule has 2 saturated heterocycles. The van der Waals surface area contributed by atoms with Crippen LogP contribution in [0.4, 0.5) is 0 Å². The summed E-state index contributed by atoms with van der Waals surface area (Å²) in [6.07, 6.45) is -15.6. The van der Waals surface area contributed by atoms with E-state index >= 15 is 0 Å². The molecule has 0 aromatic heterocycles. The van der Waals surface area contributed by atoms with Crippen molar-refractivity contribution in [2.75, 3.05) is 19.8 Å². The molecule has 0 saturated carbocycles. The van der Waals surface area contributed by atoms with Crippen LogP contribution in [-0.4, -0.2) is 122 Å². The van der Waals surface area contributed by atoms with Crippen molar-refractivity contribution in [2.45, 2.75) is 61.2 Å². The van der Waals surface area contributed by atoms with Crippen LogP contribution in [0.1, 0.15) is 89.3 Å². The molecule has 0 spiro atoms. The molecule has 2 aliphatic rings. The number of carbonyl (C=O) groups excluding carboxylic acids is 8. The van der Waals surface area contributed by atoms with Gasteiger partial charge in [-0.05, 0) is 97.1 Å². The Kier molecular flexibility index (Phi) is 19.9. The molecule has 0 N–H and O–H groups in total. The molecule has 19 heteroatoms. The fourth-order valence-electron chi connectivity index (χ4n) is 9.69. The average molecular weight is 1190 g/mol. The van der Waals surface area contributed by atoms with Gasteiger partial charge in [-0.15, -0.1) is 0 Å². The zero-order valence-electron chi connectivity index (χ0n) is 46.8. The molecule has 2 heterocycles. The molecule has 0 aliphatic carbocycles. The van der Waals surface area contributed by atoms with Crippen LogP contribution in [0.25, 0.3) is 0 Å². The van der Waals surface area contributed by atoms with Crippen molar-refractivity contribution in [3.63, 3.8) is 0 Å². The van der Waals surface area contributed by atoms with E-state index in [9.17, 15) is 38.4 Å². The summed E-state index contributed by atoms with van der Waals surface area (Å²) in [5.74, 6) is -10.5. The molecule has 88 heavy (non-hydrogen) atoms. The van der Waals surface area contributed by atoms with Crippen molar-refractivity contribution in [3.8, 4) is 0 Å². The maximum atomic E-state index is 14.7. The molecule has 0 unspecified atom stereocenters. The van der Waals surface area contributed by atoms with Crippen LogP contribution in [0.3, 0.4) is 0 Å². The molecular weight excluding hydrogens is 1130 g/mol. The van der Waals surface area contributed by atoms with Crippen LogP contribution >= 0.6 is 0 Å². The second-order valence-corrected chi connectivity index (χ2v) is 20.0. The smallest absolute Gasteiger partial charge is 0.338 e. The standard InChI is InChI=1S/C69H56O19/c70-60(45-25-9-1-10-26-45)78-42-41-53-55(82-63(73)48-31-15-4-16-32-48)57(84-65(75)50-35-19-6-20-36-50)58(85-66(76)51-37-21-7-22-38-51)68(81-53)88-69(44-80-62(72)47-29-13-3-14-30-47)59(86-67(77)52-39-23-8-24-40-52)56(83-64(74)49-33-17-5-18-34-49)54(87-69)43-79-61(71)46-27-11-2-12-28-46/h1-40,53-59,68H,41-44H2/t53-,54-,55-,56-,57+,58-,59+,68-,69+/m0/s1. The van der Waals surface area contributed by atoms with Gasteiger partial charge < -0.3 is 52.1 Å². The van der Waals surface area contributed by atoms with Gasteiger partial charge in [0.1, 0.15) is 25.4 Å². The first-order valence-corrected chi connectivity index (χ1v) is 27.9. The third-order valence-electron chi connectivity index (χ3n) is 14.1. The molecule has 10 rings (SSSR count). The highest BCUT2D eigenvalue weighted by Gasteiger charge is 2.65. The zero-order valence-corrected chi connectivity index (χ0v) is 46.8. The fraction of sp³-hybridized carbons (Fsp3) is 0.188. The van der Waals surface area contributed by atoms with Crippen molar-refractivity contribution in [2.24, 2.45) is 0 Å². The normalized spacial score (nSPS) is 21.0. The number of hydrogen-bond acceptors (Lipinski definition) is 19. The number of benzene rings is 8. The lowest BCUT2D eigenvalue weighted by Crippen LogP contribution is -2.65.